The van der Waals surface area contributed by atoms with Gasteiger partial charge in [0.15, 0.2) is 5.11 Å². The van der Waals surface area contributed by atoms with E-state index >= 15 is 0 Å². The number of nitrogens with one attached hydrogen (secondary N) is 1. The lowest BCUT2D eigenvalue weighted by Crippen LogP contribution is -2.54. The summed E-state index contributed by atoms with van der Waals surface area (Å²) in [6.07, 6.45) is 1.54. The molecule has 1 saturated heterocycles. The van der Waals surface area contributed by atoms with Crippen molar-refractivity contribution in [3.8, 4) is 5.75 Å². The van der Waals surface area contributed by atoms with E-state index in [-0.39, 0.29) is 10.7 Å². The fraction of sp³-hybridized carbons (Fsp3) is 0.0417. The van der Waals surface area contributed by atoms with E-state index in [1.807, 2.05) is 30.3 Å². The lowest BCUT2D eigenvalue weighted by atomic mass is 10.1. The highest BCUT2D eigenvalue weighted by Gasteiger charge is 2.34. The highest BCUT2D eigenvalue weighted by molar-refractivity contribution is 9.10. The van der Waals surface area contributed by atoms with E-state index < -0.39 is 11.8 Å². The van der Waals surface area contributed by atoms with Crippen molar-refractivity contribution in [2.45, 2.75) is 6.61 Å². The molecule has 0 aliphatic carbocycles. The van der Waals surface area contributed by atoms with E-state index in [1.165, 1.54) is 4.90 Å². The molecule has 5 nitrogen and oxygen atoms in total. The van der Waals surface area contributed by atoms with Gasteiger partial charge in [0.2, 0.25) is 0 Å². The summed E-state index contributed by atoms with van der Waals surface area (Å²) in [5, 5.41) is 2.64. The first kappa shape index (κ1) is 22.4. The summed E-state index contributed by atoms with van der Waals surface area (Å²) in [5.41, 5.74) is 2.30. The molecule has 8 heteroatoms. The van der Waals surface area contributed by atoms with Crippen LogP contribution in [0.2, 0.25) is 0 Å². The van der Waals surface area contributed by atoms with Crippen molar-refractivity contribution in [1.82, 2.24) is 5.32 Å². The Labute approximate surface area is 207 Å². The van der Waals surface area contributed by atoms with E-state index in [2.05, 4.69) is 37.2 Å². The van der Waals surface area contributed by atoms with Crippen LogP contribution in [0.1, 0.15) is 11.1 Å². The van der Waals surface area contributed by atoms with Gasteiger partial charge in [-0.1, -0.05) is 52.3 Å². The van der Waals surface area contributed by atoms with E-state index in [9.17, 15) is 9.59 Å². The van der Waals surface area contributed by atoms with Gasteiger partial charge < -0.3 is 4.74 Å². The smallest absolute Gasteiger partial charge is 0.270 e. The standard InChI is InChI=1S/C24H16Br2N2O3S/c25-17-9-6-15(7-10-17)14-31-21-11-8-16(13-20(21)26)12-19-22(29)27-24(32)28(23(19)30)18-4-2-1-3-5-18/h1-13H,14H2,(H,27,29,32)/b19-12-. The number of hydrogen-bond acceptors (Lipinski definition) is 4. The number of hydrogen-bond donors (Lipinski definition) is 1. The molecular weight excluding hydrogens is 556 g/mol. The highest BCUT2D eigenvalue weighted by atomic mass is 79.9. The van der Waals surface area contributed by atoms with Crippen molar-refractivity contribution in [1.29, 1.82) is 0 Å². The van der Waals surface area contributed by atoms with Gasteiger partial charge in [0.05, 0.1) is 10.2 Å². The molecule has 1 aliphatic rings. The minimum atomic E-state index is -0.529. The van der Waals surface area contributed by atoms with Gasteiger partial charge in [0.25, 0.3) is 11.8 Å². The Morgan fingerprint density at radius 3 is 2.38 bits per heavy atom. The van der Waals surface area contributed by atoms with E-state index in [4.69, 9.17) is 17.0 Å². The van der Waals surface area contributed by atoms with Crippen molar-refractivity contribution in [2.24, 2.45) is 0 Å². The fourth-order valence-electron chi connectivity index (χ4n) is 3.10. The van der Waals surface area contributed by atoms with Gasteiger partial charge in [-0.25, -0.2) is 0 Å². The number of benzene rings is 3. The van der Waals surface area contributed by atoms with Gasteiger partial charge in [-0.05, 0) is 81.7 Å². The summed E-state index contributed by atoms with van der Waals surface area (Å²) in [4.78, 5) is 26.8. The lowest BCUT2D eigenvalue weighted by Gasteiger charge is -2.28. The van der Waals surface area contributed by atoms with Gasteiger partial charge in [0.1, 0.15) is 17.9 Å². The number of nitrogens with zero attached hydrogens (tertiary/aromatic N) is 1. The number of para-hydroxylation sites is 1. The molecule has 1 fully saturated rings. The number of halogens is 2. The molecule has 1 aliphatic heterocycles. The summed E-state index contributed by atoms with van der Waals surface area (Å²) in [6, 6.07) is 22.2. The normalized spacial score (nSPS) is 15.1. The summed E-state index contributed by atoms with van der Waals surface area (Å²) in [7, 11) is 0. The predicted molar refractivity (Wildman–Crippen MR) is 135 cm³/mol. The fourth-order valence-corrected chi connectivity index (χ4v) is 4.16. The van der Waals surface area contributed by atoms with E-state index in [0.717, 1.165) is 10.0 Å². The Morgan fingerprint density at radius 2 is 1.69 bits per heavy atom. The molecule has 0 radical (unpaired) electrons. The summed E-state index contributed by atoms with van der Waals surface area (Å²) >= 11 is 12.1. The second kappa shape index (κ2) is 9.77. The summed E-state index contributed by atoms with van der Waals surface area (Å²) in [6.45, 7) is 0.413. The summed E-state index contributed by atoms with van der Waals surface area (Å²) in [5.74, 6) is -0.350. The number of rotatable bonds is 5. The quantitative estimate of drug-likeness (QED) is 0.245. The Morgan fingerprint density at radius 1 is 0.969 bits per heavy atom. The number of thiocarbonyl (C=S) groups is 1. The molecule has 3 aromatic carbocycles. The molecular formula is C24H16Br2N2O3S. The zero-order chi connectivity index (χ0) is 22.7. The SMILES string of the molecule is O=C1NC(=S)N(c2ccccc2)C(=O)/C1=C\c1ccc(OCc2ccc(Br)cc2)c(Br)c1. The molecule has 3 aromatic rings. The first-order valence-corrected chi connectivity index (χ1v) is 11.5. The molecule has 1 N–H and O–H groups in total. The third kappa shape index (κ3) is 4.98. The third-order valence-corrected chi connectivity index (χ3v) is 6.12. The number of anilines is 1. The van der Waals surface area contributed by atoms with Crippen LogP contribution in [0.5, 0.6) is 5.75 Å². The molecule has 0 aromatic heterocycles. The molecule has 0 atom stereocenters. The van der Waals surface area contributed by atoms with Crippen LogP contribution < -0.4 is 15.0 Å². The maximum Gasteiger partial charge on any atom is 0.270 e. The minimum Gasteiger partial charge on any atom is -0.488 e. The number of ether oxygens (including phenoxy) is 1. The monoisotopic (exact) mass is 570 g/mol. The molecule has 32 heavy (non-hydrogen) atoms. The maximum atomic E-state index is 13.1. The average molecular weight is 572 g/mol. The molecule has 0 saturated carbocycles. The Balaban J connectivity index is 1.55. The minimum absolute atomic E-state index is 0.00196. The Kier molecular flexibility index (Phi) is 6.83. The van der Waals surface area contributed by atoms with Crippen LogP contribution >= 0.6 is 44.1 Å². The van der Waals surface area contributed by atoms with E-state index in [1.54, 1.807) is 48.5 Å². The first-order chi connectivity index (χ1) is 15.4. The Hall–Kier alpha value is -2.81. The number of amides is 2. The van der Waals surface area contributed by atoms with Crippen LogP contribution in [0, 0.1) is 0 Å². The van der Waals surface area contributed by atoms with Crippen LogP contribution in [0.25, 0.3) is 6.08 Å². The molecule has 160 valence electrons. The predicted octanol–water partition coefficient (Wildman–Crippen LogP) is 5.62. The number of carbonyl (C=O) groups excluding carboxylic acids is 2. The van der Waals surface area contributed by atoms with Gasteiger partial charge in [-0.2, -0.15) is 0 Å². The van der Waals surface area contributed by atoms with Gasteiger partial charge >= 0.3 is 0 Å². The van der Waals surface area contributed by atoms with Crippen molar-refractivity contribution < 1.29 is 14.3 Å². The zero-order valence-electron chi connectivity index (χ0n) is 16.5. The molecule has 2 amide bonds. The molecule has 0 unspecified atom stereocenters. The molecule has 4 rings (SSSR count). The second-order valence-electron chi connectivity index (χ2n) is 6.90. The molecule has 0 spiro atoms. The highest BCUT2D eigenvalue weighted by Crippen LogP contribution is 2.29. The topological polar surface area (TPSA) is 58.6 Å². The number of carbonyl (C=O) groups is 2. The van der Waals surface area contributed by atoms with Gasteiger partial charge in [-0.15, -0.1) is 0 Å². The van der Waals surface area contributed by atoms with Crippen LogP contribution in [0.15, 0.2) is 87.3 Å². The van der Waals surface area contributed by atoms with Crippen LogP contribution in [0.3, 0.4) is 0 Å². The lowest BCUT2D eigenvalue weighted by molar-refractivity contribution is -0.122. The average Bonchev–Trinajstić information content (AvgIpc) is 2.78. The van der Waals surface area contributed by atoms with Crippen molar-refractivity contribution >= 4 is 72.8 Å². The van der Waals surface area contributed by atoms with Crippen molar-refractivity contribution in [3.63, 3.8) is 0 Å². The van der Waals surface area contributed by atoms with Crippen molar-refractivity contribution in [2.75, 3.05) is 4.90 Å². The first-order valence-electron chi connectivity index (χ1n) is 9.55. The second-order valence-corrected chi connectivity index (χ2v) is 9.06. The van der Waals surface area contributed by atoms with Crippen LogP contribution in [-0.4, -0.2) is 16.9 Å². The van der Waals surface area contributed by atoms with Gasteiger partial charge in [-0.3, -0.25) is 19.8 Å². The van der Waals surface area contributed by atoms with Crippen molar-refractivity contribution in [3.05, 3.63) is 98.4 Å². The van der Waals surface area contributed by atoms with Gasteiger partial charge in [0, 0.05) is 4.47 Å². The summed E-state index contributed by atoms with van der Waals surface area (Å²) < 4.78 is 7.60. The van der Waals surface area contributed by atoms with Crippen LogP contribution in [-0.2, 0) is 16.2 Å². The van der Waals surface area contributed by atoms with Crippen LogP contribution in [0.4, 0.5) is 5.69 Å². The largest absolute Gasteiger partial charge is 0.488 e. The van der Waals surface area contributed by atoms with E-state index in [0.29, 0.717) is 28.1 Å². The maximum absolute atomic E-state index is 13.1. The Bertz CT molecular complexity index is 1230. The molecule has 1 heterocycles. The third-order valence-electron chi connectivity index (χ3n) is 4.69. The molecule has 0 bridgehead atoms. The zero-order valence-corrected chi connectivity index (χ0v) is 20.5.